The fourth-order valence-electron chi connectivity index (χ4n) is 1.97. The van der Waals surface area contributed by atoms with E-state index < -0.39 is 17.0 Å². The molecule has 1 N–H and O–H groups in total. The van der Waals surface area contributed by atoms with Crippen LogP contribution in [-0.2, 0) is 13.2 Å². The maximum absolute atomic E-state index is 12.7. The molecule has 2 aromatic heterocycles. The molecule has 0 saturated heterocycles. The number of aromatic nitrogens is 3. The molecule has 2 heterocycles. The van der Waals surface area contributed by atoms with Crippen LogP contribution in [0.4, 0.5) is 18.3 Å². The van der Waals surface area contributed by atoms with Gasteiger partial charge in [-0.3, -0.25) is 14.8 Å². The van der Waals surface area contributed by atoms with Crippen molar-refractivity contribution in [2.45, 2.75) is 26.9 Å². The van der Waals surface area contributed by atoms with Gasteiger partial charge in [-0.15, -0.1) is 0 Å². The number of anilines is 1. The standard InChI is InChI=1S/C12H13F3N4OS/c1-5-8(7(3)19(4)18-5)10(20)17-11-16-6(2)9(21-11)12(13,14)15/h1-4H3,(H,16,17,20). The molecule has 114 valence electrons. The van der Waals surface area contributed by atoms with Gasteiger partial charge in [-0.25, -0.2) is 4.98 Å². The Morgan fingerprint density at radius 3 is 2.29 bits per heavy atom. The molecule has 0 aliphatic rings. The molecule has 0 spiro atoms. The number of nitrogens with zero attached hydrogens (tertiary/aromatic N) is 3. The van der Waals surface area contributed by atoms with E-state index in [1.165, 1.54) is 6.92 Å². The van der Waals surface area contributed by atoms with Crippen LogP contribution in [0.3, 0.4) is 0 Å². The lowest BCUT2D eigenvalue weighted by atomic mass is 10.2. The van der Waals surface area contributed by atoms with E-state index in [1.54, 1.807) is 25.6 Å². The van der Waals surface area contributed by atoms with Gasteiger partial charge in [0.1, 0.15) is 4.88 Å². The summed E-state index contributed by atoms with van der Waals surface area (Å²) in [6.45, 7) is 4.63. The second-order valence-corrected chi connectivity index (χ2v) is 5.55. The number of carbonyl (C=O) groups is 1. The molecular formula is C12H13F3N4OS. The van der Waals surface area contributed by atoms with Gasteiger partial charge >= 0.3 is 6.18 Å². The summed E-state index contributed by atoms with van der Waals surface area (Å²) in [4.78, 5) is 15.1. The highest BCUT2D eigenvalue weighted by atomic mass is 32.1. The maximum Gasteiger partial charge on any atom is 0.427 e. The van der Waals surface area contributed by atoms with Gasteiger partial charge in [-0.2, -0.15) is 18.3 Å². The number of aryl methyl sites for hydroxylation is 3. The highest BCUT2D eigenvalue weighted by molar-refractivity contribution is 7.16. The van der Waals surface area contributed by atoms with Gasteiger partial charge < -0.3 is 0 Å². The maximum atomic E-state index is 12.7. The van der Waals surface area contributed by atoms with Crippen LogP contribution < -0.4 is 5.32 Å². The second-order valence-electron chi connectivity index (χ2n) is 4.55. The molecule has 0 aromatic carbocycles. The summed E-state index contributed by atoms with van der Waals surface area (Å²) in [6, 6.07) is 0. The van der Waals surface area contributed by atoms with Crippen molar-refractivity contribution in [3.63, 3.8) is 0 Å². The Morgan fingerprint density at radius 2 is 1.86 bits per heavy atom. The van der Waals surface area contributed by atoms with Crippen molar-refractivity contribution in [1.82, 2.24) is 14.8 Å². The van der Waals surface area contributed by atoms with Crippen LogP contribution in [0.1, 0.15) is 32.3 Å². The topological polar surface area (TPSA) is 59.8 Å². The first-order valence-electron chi connectivity index (χ1n) is 5.97. The molecule has 9 heteroatoms. The number of halogens is 3. The number of hydrogen-bond acceptors (Lipinski definition) is 4. The van der Waals surface area contributed by atoms with Crippen molar-refractivity contribution in [2.24, 2.45) is 7.05 Å². The lowest BCUT2D eigenvalue weighted by Gasteiger charge is -2.03. The van der Waals surface area contributed by atoms with Crippen molar-refractivity contribution in [1.29, 1.82) is 0 Å². The molecule has 0 saturated carbocycles. The Balaban J connectivity index is 2.29. The van der Waals surface area contributed by atoms with Gasteiger partial charge in [0.2, 0.25) is 0 Å². The summed E-state index contributed by atoms with van der Waals surface area (Å²) >= 11 is 0.413. The van der Waals surface area contributed by atoms with E-state index in [-0.39, 0.29) is 10.8 Å². The number of amides is 1. The van der Waals surface area contributed by atoms with E-state index in [9.17, 15) is 18.0 Å². The highest BCUT2D eigenvalue weighted by Gasteiger charge is 2.36. The number of alkyl halides is 3. The monoisotopic (exact) mass is 318 g/mol. The van der Waals surface area contributed by atoms with Gasteiger partial charge in [0.25, 0.3) is 5.91 Å². The molecule has 1 amide bonds. The second kappa shape index (κ2) is 5.14. The Kier molecular flexibility index (Phi) is 3.79. The summed E-state index contributed by atoms with van der Waals surface area (Å²) in [5, 5.41) is 6.42. The van der Waals surface area contributed by atoms with Crippen LogP contribution >= 0.6 is 11.3 Å². The summed E-state index contributed by atoms with van der Waals surface area (Å²) in [6.07, 6.45) is -4.47. The average molecular weight is 318 g/mol. The lowest BCUT2D eigenvalue weighted by Crippen LogP contribution is -2.13. The van der Waals surface area contributed by atoms with Crippen LogP contribution in [0, 0.1) is 20.8 Å². The number of nitrogens with one attached hydrogen (secondary N) is 1. The minimum Gasteiger partial charge on any atom is -0.298 e. The first kappa shape index (κ1) is 15.5. The zero-order valence-electron chi connectivity index (χ0n) is 11.8. The van der Waals surface area contributed by atoms with Crippen molar-refractivity contribution >= 4 is 22.4 Å². The molecule has 0 fully saturated rings. The first-order valence-corrected chi connectivity index (χ1v) is 6.79. The van der Waals surface area contributed by atoms with E-state index in [2.05, 4.69) is 15.4 Å². The molecular weight excluding hydrogens is 305 g/mol. The number of hydrogen-bond donors (Lipinski definition) is 1. The zero-order chi connectivity index (χ0) is 15.9. The fourth-order valence-corrected chi connectivity index (χ4v) is 2.80. The lowest BCUT2D eigenvalue weighted by molar-refractivity contribution is -0.134. The quantitative estimate of drug-likeness (QED) is 0.926. The van der Waals surface area contributed by atoms with Crippen molar-refractivity contribution in [3.05, 3.63) is 27.5 Å². The van der Waals surface area contributed by atoms with Gasteiger partial charge in [0.15, 0.2) is 5.13 Å². The molecule has 21 heavy (non-hydrogen) atoms. The molecule has 0 aliphatic carbocycles. The first-order chi connectivity index (χ1) is 9.61. The smallest absolute Gasteiger partial charge is 0.298 e. The number of thiazole rings is 1. The largest absolute Gasteiger partial charge is 0.427 e. The number of rotatable bonds is 2. The van der Waals surface area contributed by atoms with Crippen molar-refractivity contribution in [3.8, 4) is 0 Å². The van der Waals surface area contributed by atoms with Gasteiger partial charge in [-0.1, -0.05) is 11.3 Å². The van der Waals surface area contributed by atoms with E-state index in [1.807, 2.05) is 0 Å². The van der Waals surface area contributed by atoms with E-state index in [0.717, 1.165) is 0 Å². The van der Waals surface area contributed by atoms with Crippen LogP contribution in [-0.4, -0.2) is 20.7 Å². The third-order valence-electron chi connectivity index (χ3n) is 3.01. The van der Waals surface area contributed by atoms with Crippen LogP contribution in [0.15, 0.2) is 0 Å². The van der Waals surface area contributed by atoms with E-state index in [4.69, 9.17) is 0 Å². The summed E-state index contributed by atoms with van der Waals surface area (Å²) in [5.74, 6) is -0.513. The van der Waals surface area contributed by atoms with E-state index >= 15 is 0 Å². The highest BCUT2D eigenvalue weighted by Crippen LogP contribution is 2.37. The van der Waals surface area contributed by atoms with Crippen molar-refractivity contribution < 1.29 is 18.0 Å². The van der Waals surface area contributed by atoms with Crippen LogP contribution in [0.5, 0.6) is 0 Å². The molecule has 5 nitrogen and oxygen atoms in total. The molecule has 2 rings (SSSR count). The fraction of sp³-hybridized carbons (Fsp3) is 0.417. The van der Waals surface area contributed by atoms with Crippen LogP contribution in [0.2, 0.25) is 0 Å². The van der Waals surface area contributed by atoms with Gasteiger partial charge in [0.05, 0.1) is 17.0 Å². The minimum absolute atomic E-state index is 0.0764. The predicted octanol–water partition coefficient (Wildman–Crippen LogP) is 3.07. The van der Waals surface area contributed by atoms with Gasteiger partial charge in [-0.05, 0) is 20.8 Å². The van der Waals surface area contributed by atoms with E-state index in [0.29, 0.717) is 28.3 Å². The number of carbonyl (C=O) groups excluding carboxylic acids is 1. The van der Waals surface area contributed by atoms with Gasteiger partial charge in [0, 0.05) is 12.7 Å². The Labute approximate surface area is 122 Å². The average Bonchev–Trinajstić information content (AvgIpc) is 2.80. The molecule has 0 atom stereocenters. The third-order valence-corrected chi connectivity index (χ3v) is 4.13. The molecule has 0 unspecified atom stereocenters. The Hall–Kier alpha value is -1.90. The third kappa shape index (κ3) is 2.92. The normalized spacial score (nSPS) is 11.8. The SMILES string of the molecule is Cc1nc(NC(=O)c2c(C)nn(C)c2C)sc1C(F)(F)F. The zero-order valence-corrected chi connectivity index (χ0v) is 12.6. The summed E-state index contributed by atoms with van der Waals surface area (Å²) in [7, 11) is 1.69. The molecule has 2 aromatic rings. The summed E-state index contributed by atoms with van der Waals surface area (Å²) in [5.41, 5.74) is 1.34. The molecule has 0 bridgehead atoms. The Morgan fingerprint density at radius 1 is 1.24 bits per heavy atom. The molecule has 0 radical (unpaired) electrons. The molecule has 0 aliphatic heterocycles. The summed E-state index contributed by atoms with van der Waals surface area (Å²) < 4.78 is 39.6. The predicted molar refractivity (Wildman–Crippen MR) is 72.5 cm³/mol. The van der Waals surface area contributed by atoms with Crippen LogP contribution in [0.25, 0.3) is 0 Å². The Bertz CT molecular complexity index is 702. The minimum atomic E-state index is -4.47. The van der Waals surface area contributed by atoms with Crippen molar-refractivity contribution in [2.75, 3.05) is 5.32 Å².